The second-order valence-electron chi connectivity index (χ2n) is 34.9. The van der Waals surface area contributed by atoms with Gasteiger partial charge in [-0.2, -0.15) is 0 Å². The SMILES string of the molecule is CC(=O)N1CCc2c([nH]c3ccc(Br)cc23)C1c1ccc(C(C)C)cc1.CC(=O)N1CCc2c([nH]c3ccc(Br)cc23)C1c1cccc(Cl)c1.CC(C)OC(=O)N1CCc2c([nH]c3ccc(Cl)cc23)C1c1ccccc1.CCOC(=O)N1CCc2c([nH]c3ccc(Cl)cc23)C1c1ccc(OCc2ccccc2)cc1.O=C(OCCCl)N1CCc2c([nH]c3ccc(Cl)cc23)C1c1cccc(Br)c1. The lowest BCUT2D eigenvalue weighted by Crippen LogP contribution is -2.41. The first kappa shape index (κ1) is 96.3. The van der Waals surface area contributed by atoms with Gasteiger partial charge in [0.2, 0.25) is 11.8 Å². The summed E-state index contributed by atoms with van der Waals surface area (Å²) in [6.07, 6.45) is 2.87. The highest BCUT2D eigenvalue weighted by Gasteiger charge is 2.41. The molecule has 21 rings (SSSR count). The summed E-state index contributed by atoms with van der Waals surface area (Å²) < 4.78 is 25.3. The van der Waals surface area contributed by atoms with Crippen molar-refractivity contribution < 1.29 is 42.9 Å². The van der Waals surface area contributed by atoms with Gasteiger partial charge in [0, 0.05) is 163 Å². The molecule has 5 N–H and O–H groups in total. The molecule has 5 aliphatic heterocycles. The quantitative estimate of drug-likeness (QED) is 0.0547. The Morgan fingerprint density at radius 2 is 0.713 bits per heavy atom. The van der Waals surface area contributed by atoms with E-state index in [1.165, 1.54) is 44.2 Å². The first-order chi connectivity index (χ1) is 65.8. The van der Waals surface area contributed by atoms with Crippen molar-refractivity contribution >= 4 is 190 Å². The summed E-state index contributed by atoms with van der Waals surface area (Å²) in [6, 6.07) is 81.8. The molecule has 16 aromatic rings. The van der Waals surface area contributed by atoms with E-state index >= 15 is 0 Å². The second kappa shape index (κ2) is 42.7. The van der Waals surface area contributed by atoms with Gasteiger partial charge in [0.05, 0.1) is 30.7 Å². The van der Waals surface area contributed by atoms with Gasteiger partial charge in [-0.3, -0.25) is 24.3 Å². The number of hydrogen-bond acceptors (Lipinski definition) is 9. The minimum absolute atomic E-state index is 0.0522. The molecule has 27 heteroatoms. The van der Waals surface area contributed by atoms with Crippen LogP contribution in [-0.2, 0) is 62.5 Å². The van der Waals surface area contributed by atoms with E-state index in [1.54, 1.807) is 23.6 Å². The molecular formula is C109H102Br3Cl5N10O9. The topological polar surface area (TPSA) is 217 Å². The van der Waals surface area contributed by atoms with E-state index in [-0.39, 0.29) is 78.9 Å². The third-order valence-corrected chi connectivity index (χ3v) is 28.2. The predicted molar refractivity (Wildman–Crippen MR) is 555 cm³/mol. The summed E-state index contributed by atoms with van der Waals surface area (Å²) in [7, 11) is 0. The number of fused-ring (bicyclic) bond motifs is 15. The number of alkyl halides is 1. The Morgan fingerprint density at radius 1 is 0.368 bits per heavy atom. The van der Waals surface area contributed by atoms with Crippen molar-refractivity contribution in [1.82, 2.24) is 49.4 Å². The molecule has 19 nitrogen and oxygen atoms in total. The number of H-pyrrole nitrogens is 5. The van der Waals surface area contributed by atoms with Gasteiger partial charge in [-0.15, -0.1) is 11.6 Å². The van der Waals surface area contributed by atoms with Gasteiger partial charge in [0.1, 0.15) is 37.1 Å². The lowest BCUT2D eigenvalue weighted by atomic mass is 9.91. The monoisotopic (exact) mass is 2110 g/mol. The molecule has 0 radical (unpaired) electrons. The van der Waals surface area contributed by atoms with E-state index in [2.05, 4.69) is 141 Å². The molecular weight excluding hydrogens is 2010 g/mol. The van der Waals surface area contributed by atoms with Gasteiger partial charge < -0.3 is 53.7 Å². The molecule has 0 bridgehead atoms. The van der Waals surface area contributed by atoms with E-state index in [4.69, 9.17) is 77.0 Å². The lowest BCUT2D eigenvalue weighted by Gasteiger charge is -2.35. The largest absolute Gasteiger partial charge is 0.489 e. The number of rotatable bonds is 13. The van der Waals surface area contributed by atoms with E-state index in [1.807, 2.05) is 230 Å². The van der Waals surface area contributed by atoms with Crippen LogP contribution < -0.4 is 4.74 Å². The van der Waals surface area contributed by atoms with Gasteiger partial charge >= 0.3 is 18.3 Å². The number of aromatic nitrogens is 5. The molecule has 5 aliphatic rings. The molecule has 136 heavy (non-hydrogen) atoms. The molecule has 5 atom stereocenters. The summed E-state index contributed by atoms with van der Waals surface area (Å²) in [5.74, 6) is 1.75. The first-order valence-electron chi connectivity index (χ1n) is 45.6. The number of aromatic amines is 5. The average Bonchev–Trinajstić information content (AvgIpc) is 1.62. The number of hydrogen-bond donors (Lipinski definition) is 5. The Hall–Kier alpha value is -11.4. The zero-order chi connectivity index (χ0) is 95.3. The average molecular weight is 2110 g/mol. The summed E-state index contributed by atoms with van der Waals surface area (Å²) in [5.41, 5.74) is 24.5. The Balaban J connectivity index is 0.000000118. The fourth-order valence-electron chi connectivity index (χ4n) is 19.5. The second-order valence-corrected chi connectivity index (χ2v) is 39.8. The molecule has 0 saturated carbocycles. The highest BCUT2D eigenvalue weighted by atomic mass is 79.9. The molecule has 698 valence electrons. The Morgan fingerprint density at radius 3 is 1.12 bits per heavy atom. The van der Waals surface area contributed by atoms with Crippen LogP contribution in [0.5, 0.6) is 5.75 Å². The van der Waals surface area contributed by atoms with Gasteiger partial charge in [0.25, 0.3) is 0 Å². The highest BCUT2D eigenvalue weighted by Crippen LogP contribution is 2.47. The number of halogens is 8. The zero-order valence-corrected chi connectivity index (χ0v) is 84.6. The fourth-order valence-corrected chi connectivity index (χ4v) is 21.5. The van der Waals surface area contributed by atoms with Crippen molar-refractivity contribution in [3.63, 3.8) is 0 Å². The molecule has 5 unspecified atom stereocenters. The molecule has 5 aromatic heterocycles. The summed E-state index contributed by atoms with van der Waals surface area (Å²) in [5, 5.41) is 8.61. The van der Waals surface area contributed by atoms with Crippen LogP contribution >= 0.6 is 106 Å². The Labute approximate surface area is 840 Å². The summed E-state index contributed by atoms with van der Waals surface area (Å²) >= 11 is 41.2. The van der Waals surface area contributed by atoms with Crippen molar-refractivity contribution in [2.24, 2.45) is 0 Å². The number of nitrogens with one attached hydrogen (secondary N) is 5. The number of carbonyl (C=O) groups is 5. The van der Waals surface area contributed by atoms with Crippen molar-refractivity contribution in [3.8, 4) is 5.75 Å². The summed E-state index contributed by atoms with van der Waals surface area (Å²) in [6.45, 7) is 17.5. The van der Waals surface area contributed by atoms with Gasteiger partial charge in [0.15, 0.2) is 0 Å². The summed E-state index contributed by atoms with van der Waals surface area (Å²) in [4.78, 5) is 89.8. The maximum atomic E-state index is 12.8. The molecule has 11 aromatic carbocycles. The van der Waals surface area contributed by atoms with Crippen LogP contribution in [-0.4, -0.2) is 137 Å². The smallest absolute Gasteiger partial charge is 0.410 e. The highest BCUT2D eigenvalue weighted by molar-refractivity contribution is 9.11. The van der Waals surface area contributed by atoms with E-state index < -0.39 is 0 Å². The minimum Gasteiger partial charge on any atom is -0.489 e. The standard InChI is InChI=1S/C27H25ClN2O3.C22H23BrN2O.C21H21ClN2O2.C20H17BrCl2N2O2.C19H16BrClN2O/c1-2-32-27(31)30-15-14-22-23-16-20(28)10-13-24(23)29-25(22)26(30)19-8-11-21(12-9-19)33-17-18-6-4-3-5-7-18;1-13(2)15-4-6-16(7-5-15)22-21-18(10-11-25(22)14(3)26)19-12-17(23)8-9-20(19)24-21;1-13(2)26-21(25)24-11-10-16-17-12-15(22)8-9-18(17)23-19(16)20(24)14-6-4-3-5-7-14;21-13-3-1-2-12(10-13)19-18-15(6-8-25(19)20(26)27-9-7-22)16-11-14(23)4-5-17(16)24-18;1-11(24)23-8-7-15-16-10-13(20)5-6-17(16)22-18(15)19(23)12-3-2-4-14(21)9-12/h3-13,16,26,29H,2,14-15,17H2,1H3;4-9,12-13,22,24H,10-11H2,1-3H3;3-9,12-13,20,23H,10-11H2,1-2H3;1-5,10-11,19,24H,6-9H2;2-6,9-10,19,22H,7-8H2,1H3. The number of ether oxygens (including phenoxy) is 4. The number of carbonyl (C=O) groups excluding carboxylic acids is 5. The third kappa shape index (κ3) is 20.9. The van der Waals surface area contributed by atoms with Crippen molar-refractivity contribution in [1.29, 1.82) is 0 Å². The fraction of sp³-hybridized carbons (Fsp3) is 0.257. The molecule has 0 spiro atoms. The van der Waals surface area contributed by atoms with Crippen molar-refractivity contribution in [3.05, 3.63) is 377 Å². The third-order valence-electron chi connectivity index (χ3n) is 25.7. The molecule has 0 fully saturated rings. The van der Waals surface area contributed by atoms with E-state index in [0.29, 0.717) is 60.4 Å². The van der Waals surface area contributed by atoms with Crippen LogP contribution in [0, 0.1) is 0 Å². The number of benzene rings is 11. The van der Waals surface area contributed by atoms with Crippen LogP contribution in [0.2, 0.25) is 20.1 Å². The first-order valence-corrected chi connectivity index (χ1v) is 50.1. The van der Waals surface area contributed by atoms with Crippen LogP contribution in [0.1, 0.15) is 180 Å². The van der Waals surface area contributed by atoms with Crippen LogP contribution in [0.4, 0.5) is 14.4 Å². The lowest BCUT2D eigenvalue weighted by molar-refractivity contribution is -0.131. The van der Waals surface area contributed by atoms with Crippen LogP contribution in [0.15, 0.2) is 262 Å². The Kier molecular flexibility index (Phi) is 30.2. The predicted octanol–water partition coefficient (Wildman–Crippen LogP) is 28.4. The molecule has 0 aliphatic carbocycles. The van der Waals surface area contributed by atoms with Gasteiger partial charge in [-0.1, -0.05) is 229 Å². The molecule has 10 heterocycles. The minimum atomic E-state index is -0.358. The van der Waals surface area contributed by atoms with Crippen LogP contribution in [0.25, 0.3) is 54.5 Å². The Bertz CT molecular complexity index is 7010. The van der Waals surface area contributed by atoms with Crippen molar-refractivity contribution in [2.45, 2.75) is 129 Å². The molecule has 5 amide bonds. The van der Waals surface area contributed by atoms with Crippen molar-refractivity contribution in [2.75, 3.05) is 51.8 Å². The van der Waals surface area contributed by atoms with Gasteiger partial charge in [-0.05, 0) is 253 Å². The zero-order valence-electron chi connectivity index (χ0n) is 76.0. The number of amides is 5. The number of nitrogens with zero attached hydrogens (tertiary/aromatic N) is 5. The maximum absolute atomic E-state index is 12.8. The normalized spacial score (nSPS) is 16.4. The maximum Gasteiger partial charge on any atom is 0.410 e. The molecule has 0 saturated heterocycles. The van der Waals surface area contributed by atoms with E-state index in [9.17, 15) is 24.0 Å². The van der Waals surface area contributed by atoms with E-state index in [0.717, 1.165) is 168 Å². The van der Waals surface area contributed by atoms with Crippen LogP contribution in [0.3, 0.4) is 0 Å². The van der Waals surface area contributed by atoms with Gasteiger partial charge in [-0.25, -0.2) is 14.4 Å².